The van der Waals surface area contributed by atoms with E-state index in [9.17, 15) is 9.59 Å². The molecule has 0 spiro atoms. The molecule has 0 aliphatic heterocycles. The van der Waals surface area contributed by atoms with Crippen LogP contribution >= 0.6 is 24.4 Å². The van der Waals surface area contributed by atoms with Gasteiger partial charge in [-0.05, 0) is 50.1 Å². The number of hydrogen-bond donors (Lipinski definition) is 4. The summed E-state index contributed by atoms with van der Waals surface area (Å²) in [5.41, 5.74) is 1.39. The molecular formula is C20H24N4O2S2. The molecule has 0 heterocycles. The van der Waals surface area contributed by atoms with E-state index in [4.69, 9.17) is 24.4 Å². The Morgan fingerprint density at radius 2 is 1.21 bits per heavy atom. The Balaban J connectivity index is 1.48. The van der Waals surface area contributed by atoms with E-state index in [1.165, 1.54) is 0 Å². The van der Waals surface area contributed by atoms with Gasteiger partial charge in [0, 0.05) is 23.2 Å². The van der Waals surface area contributed by atoms with Crippen molar-refractivity contribution in [1.82, 2.24) is 21.3 Å². The Bertz CT molecular complexity index is 732. The number of thiocarbonyl (C=S) groups is 2. The molecule has 3 rings (SSSR count). The fourth-order valence-electron chi connectivity index (χ4n) is 3.48. The lowest BCUT2D eigenvalue weighted by atomic mass is 9.90. The number of nitrogens with one attached hydrogen (secondary N) is 4. The molecule has 0 bridgehead atoms. The van der Waals surface area contributed by atoms with Gasteiger partial charge in [-0.15, -0.1) is 0 Å². The van der Waals surface area contributed by atoms with Gasteiger partial charge in [0.05, 0.1) is 0 Å². The van der Waals surface area contributed by atoms with Crippen molar-refractivity contribution in [2.75, 3.05) is 0 Å². The van der Waals surface area contributed by atoms with Crippen LogP contribution in [0.5, 0.6) is 0 Å². The first-order valence-corrected chi connectivity index (χ1v) is 10.3. The van der Waals surface area contributed by atoms with E-state index in [2.05, 4.69) is 21.3 Å². The fourth-order valence-corrected chi connectivity index (χ4v) is 3.97. The predicted molar refractivity (Wildman–Crippen MR) is 117 cm³/mol. The maximum Gasteiger partial charge on any atom is 0.253 e. The van der Waals surface area contributed by atoms with Crippen molar-refractivity contribution in [1.29, 1.82) is 0 Å². The van der Waals surface area contributed by atoms with Crippen LogP contribution in [0, 0.1) is 0 Å². The van der Waals surface area contributed by atoms with E-state index in [0.29, 0.717) is 34.2 Å². The van der Waals surface area contributed by atoms with Crippen molar-refractivity contribution < 1.29 is 9.59 Å². The number of carbonyl (C=O) groups excluding carboxylic acids is 2. The molecule has 4 N–H and O–H groups in total. The zero-order chi connectivity index (χ0) is 19.9. The summed E-state index contributed by atoms with van der Waals surface area (Å²) in [4.78, 5) is 24.3. The molecule has 8 heteroatoms. The van der Waals surface area contributed by atoms with Gasteiger partial charge in [-0.3, -0.25) is 20.2 Å². The summed E-state index contributed by atoms with van der Waals surface area (Å²) >= 11 is 10.6. The van der Waals surface area contributed by atoms with Crippen molar-refractivity contribution in [2.24, 2.45) is 0 Å². The lowest BCUT2D eigenvalue weighted by Crippen LogP contribution is -2.57. The lowest BCUT2D eigenvalue weighted by Gasteiger charge is -2.34. The first kappa shape index (κ1) is 20.4. The second-order valence-electron chi connectivity index (χ2n) is 7.00. The molecule has 1 fully saturated rings. The van der Waals surface area contributed by atoms with E-state index in [1.54, 1.807) is 12.2 Å². The Morgan fingerprint density at radius 1 is 0.786 bits per heavy atom. The first-order chi connectivity index (χ1) is 13.5. The second kappa shape index (κ2) is 9.75. The molecule has 0 aromatic carbocycles. The van der Waals surface area contributed by atoms with Crippen LogP contribution in [0.4, 0.5) is 0 Å². The minimum Gasteiger partial charge on any atom is -0.358 e. The highest BCUT2D eigenvalue weighted by molar-refractivity contribution is 7.80. The van der Waals surface area contributed by atoms with Crippen molar-refractivity contribution in [3.8, 4) is 0 Å². The van der Waals surface area contributed by atoms with Gasteiger partial charge in [0.2, 0.25) is 0 Å². The van der Waals surface area contributed by atoms with Gasteiger partial charge < -0.3 is 10.6 Å². The molecule has 2 atom stereocenters. The monoisotopic (exact) mass is 416 g/mol. The number of carbonyl (C=O) groups is 2. The van der Waals surface area contributed by atoms with Gasteiger partial charge in [0.1, 0.15) is 0 Å². The Labute approximate surface area is 175 Å². The Kier molecular flexibility index (Phi) is 7.11. The average Bonchev–Trinajstić information content (AvgIpc) is 3.37. The highest BCUT2D eigenvalue weighted by atomic mass is 32.1. The van der Waals surface area contributed by atoms with Gasteiger partial charge >= 0.3 is 0 Å². The number of allylic oxidation sites excluding steroid dienone is 6. The Morgan fingerprint density at radius 3 is 1.57 bits per heavy atom. The minimum absolute atomic E-state index is 0.0273. The van der Waals surface area contributed by atoms with Crippen LogP contribution in [0.25, 0.3) is 0 Å². The molecule has 0 aromatic rings. The third kappa shape index (κ3) is 5.59. The normalized spacial score (nSPS) is 22.9. The second-order valence-corrected chi connectivity index (χ2v) is 7.82. The van der Waals surface area contributed by atoms with Gasteiger partial charge in [0.25, 0.3) is 11.8 Å². The van der Waals surface area contributed by atoms with Crippen molar-refractivity contribution in [2.45, 2.75) is 50.6 Å². The summed E-state index contributed by atoms with van der Waals surface area (Å²) in [5.74, 6) is -0.354. The van der Waals surface area contributed by atoms with Crippen molar-refractivity contribution in [3.63, 3.8) is 0 Å². The molecule has 28 heavy (non-hydrogen) atoms. The zero-order valence-corrected chi connectivity index (χ0v) is 17.1. The minimum atomic E-state index is -0.177. The smallest absolute Gasteiger partial charge is 0.253 e. The molecule has 3 aliphatic rings. The van der Waals surface area contributed by atoms with E-state index in [-0.39, 0.29) is 23.9 Å². The average molecular weight is 417 g/mol. The molecule has 148 valence electrons. The van der Waals surface area contributed by atoms with E-state index in [1.807, 2.05) is 24.3 Å². The summed E-state index contributed by atoms with van der Waals surface area (Å²) in [6, 6.07) is 0.0545. The maximum absolute atomic E-state index is 12.2. The summed E-state index contributed by atoms with van der Waals surface area (Å²) < 4.78 is 0. The van der Waals surface area contributed by atoms with E-state index < -0.39 is 0 Å². The van der Waals surface area contributed by atoms with Crippen LogP contribution in [-0.4, -0.2) is 34.1 Å². The van der Waals surface area contributed by atoms with Gasteiger partial charge in [-0.2, -0.15) is 0 Å². The van der Waals surface area contributed by atoms with Crippen molar-refractivity contribution in [3.05, 3.63) is 47.6 Å². The highest BCUT2D eigenvalue weighted by Crippen LogP contribution is 2.19. The van der Waals surface area contributed by atoms with E-state index >= 15 is 0 Å². The topological polar surface area (TPSA) is 82.3 Å². The predicted octanol–water partition coefficient (Wildman–Crippen LogP) is 2.05. The zero-order valence-electron chi connectivity index (χ0n) is 15.5. The summed E-state index contributed by atoms with van der Waals surface area (Å²) in [5, 5.41) is 12.6. The molecule has 0 saturated heterocycles. The molecule has 0 radical (unpaired) electrons. The molecular weight excluding hydrogens is 392 g/mol. The van der Waals surface area contributed by atoms with Crippen LogP contribution < -0.4 is 21.3 Å². The SMILES string of the molecule is O=C(NC(=S)N[C@@H]1CCCC[C@H]1NC(=S)NC(=O)C1=CC=CC1)C1=CC=CC1. The summed E-state index contributed by atoms with van der Waals surface area (Å²) in [7, 11) is 0. The van der Waals surface area contributed by atoms with Gasteiger partial charge in [-0.1, -0.05) is 49.3 Å². The van der Waals surface area contributed by atoms with Crippen LogP contribution in [-0.2, 0) is 9.59 Å². The quantitative estimate of drug-likeness (QED) is 0.525. The molecule has 0 unspecified atom stereocenters. The number of hydrogen-bond acceptors (Lipinski definition) is 4. The van der Waals surface area contributed by atoms with Crippen LogP contribution in [0.2, 0.25) is 0 Å². The van der Waals surface area contributed by atoms with Crippen LogP contribution in [0.15, 0.2) is 47.6 Å². The molecule has 1 saturated carbocycles. The van der Waals surface area contributed by atoms with Crippen molar-refractivity contribution >= 4 is 46.5 Å². The van der Waals surface area contributed by atoms with Crippen LogP contribution in [0.1, 0.15) is 38.5 Å². The fraction of sp³-hybridized carbons (Fsp3) is 0.400. The highest BCUT2D eigenvalue weighted by Gasteiger charge is 2.27. The molecule has 6 nitrogen and oxygen atoms in total. The molecule has 3 aliphatic carbocycles. The Hall–Kier alpha value is -2.32. The summed E-state index contributed by atoms with van der Waals surface area (Å²) in [6.45, 7) is 0. The van der Waals surface area contributed by atoms with E-state index in [0.717, 1.165) is 25.7 Å². The molecule has 2 amide bonds. The van der Waals surface area contributed by atoms with Gasteiger partial charge in [0.15, 0.2) is 10.2 Å². The largest absolute Gasteiger partial charge is 0.358 e. The number of amides is 2. The van der Waals surface area contributed by atoms with Gasteiger partial charge in [-0.25, -0.2) is 0 Å². The number of rotatable bonds is 4. The molecule has 0 aromatic heterocycles. The first-order valence-electron chi connectivity index (χ1n) is 9.48. The third-order valence-corrected chi connectivity index (χ3v) is 5.42. The summed E-state index contributed by atoms with van der Waals surface area (Å²) in [6.07, 6.45) is 16.4. The maximum atomic E-state index is 12.2. The van der Waals surface area contributed by atoms with Crippen LogP contribution in [0.3, 0.4) is 0 Å². The standard InChI is InChI=1S/C20H24N4O2S2/c25-17(13-7-1-2-8-13)23-19(27)21-15-11-5-6-12-16(15)22-20(28)24-18(26)14-9-3-4-10-14/h1-4,7,9,15-16H,5-6,8,10-12H2,(H2,21,23,25,27)(H2,22,24,26,28)/t15-,16-/m1/s1. The lowest BCUT2D eigenvalue weighted by molar-refractivity contribution is -0.117. The third-order valence-electron chi connectivity index (χ3n) is 4.98.